The zero-order valence-electron chi connectivity index (χ0n) is 11.3. The molecule has 2 heterocycles. The largest absolute Gasteiger partial charge is 0.307 e. The maximum Gasteiger partial charge on any atom is 0.230 e. The molecule has 0 saturated heterocycles. The van der Waals surface area contributed by atoms with Crippen molar-refractivity contribution < 1.29 is 4.39 Å². The highest BCUT2D eigenvalue weighted by atomic mass is 19.1. The van der Waals surface area contributed by atoms with E-state index in [2.05, 4.69) is 21.5 Å². The van der Waals surface area contributed by atoms with E-state index in [1.54, 1.807) is 29.4 Å². The maximum absolute atomic E-state index is 13.4. The molecule has 0 aliphatic carbocycles. The molecule has 3 aromatic rings. The molecule has 2 aromatic heterocycles. The topological polar surface area (TPSA) is 41.9 Å². The molecular weight excluding hydrogens is 267 g/mol. The molecule has 0 saturated carbocycles. The highest BCUT2D eigenvalue weighted by Crippen LogP contribution is 2.23. The van der Waals surface area contributed by atoms with Crippen molar-refractivity contribution in [1.82, 2.24) is 15.0 Å². The predicted octanol–water partition coefficient (Wildman–Crippen LogP) is 3.49. The number of halogens is 1. The number of hydrogen-bond donors (Lipinski definition) is 0. The summed E-state index contributed by atoms with van der Waals surface area (Å²) >= 11 is 0. The van der Waals surface area contributed by atoms with Crippen molar-refractivity contribution in [3.05, 3.63) is 67.3 Å². The molecule has 0 aliphatic heterocycles. The molecule has 0 bridgehead atoms. The Kier molecular flexibility index (Phi) is 3.55. The maximum atomic E-state index is 13.4. The van der Waals surface area contributed by atoms with Gasteiger partial charge in [0, 0.05) is 18.4 Å². The lowest BCUT2D eigenvalue weighted by atomic mass is 10.3. The normalized spacial score (nSPS) is 10.5. The fourth-order valence-electron chi connectivity index (χ4n) is 2.06. The van der Waals surface area contributed by atoms with Crippen LogP contribution in [0.3, 0.4) is 0 Å². The summed E-state index contributed by atoms with van der Waals surface area (Å²) in [6.07, 6.45) is 5.08. The van der Waals surface area contributed by atoms with Crippen LogP contribution in [0, 0.1) is 5.82 Å². The third-order valence-electron chi connectivity index (χ3n) is 3.01. The molecule has 5 heteroatoms. The van der Waals surface area contributed by atoms with Gasteiger partial charge in [-0.1, -0.05) is 12.1 Å². The Hall–Kier alpha value is -2.82. The van der Waals surface area contributed by atoms with Crippen molar-refractivity contribution >= 4 is 22.7 Å². The van der Waals surface area contributed by atoms with Crippen molar-refractivity contribution in [2.45, 2.75) is 0 Å². The molecule has 21 heavy (non-hydrogen) atoms. The zero-order valence-corrected chi connectivity index (χ0v) is 11.3. The number of anilines is 2. The van der Waals surface area contributed by atoms with E-state index < -0.39 is 0 Å². The van der Waals surface area contributed by atoms with Crippen LogP contribution in [0.25, 0.3) is 11.0 Å². The first-order valence-electron chi connectivity index (χ1n) is 6.50. The zero-order chi connectivity index (χ0) is 14.7. The third-order valence-corrected chi connectivity index (χ3v) is 3.01. The van der Waals surface area contributed by atoms with Gasteiger partial charge >= 0.3 is 0 Å². The molecule has 0 fully saturated rings. The number of fused-ring (bicyclic) bond motifs is 1. The van der Waals surface area contributed by atoms with Gasteiger partial charge in [0.1, 0.15) is 11.3 Å². The third kappa shape index (κ3) is 2.72. The minimum atomic E-state index is -0.302. The quantitative estimate of drug-likeness (QED) is 0.686. The first-order valence-corrected chi connectivity index (χ1v) is 6.50. The summed E-state index contributed by atoms with van der Waals surface area (Å²) in [5.41, 5.74) is 2.14. The van der Waals surface area contributed by atoms with Gasteiger partial charge in [0.05, 0.1) is 11.7 Å². The van der Waals surface area contributed by atoms with Crippen LogP contribution in [-0.4, -0.2) is 21.5 Å². The van der Waals surface area contributed by atoms with Crippen molar-refractivity contribution in [1.29, 1.82) is 0 Å². The summed E-state index contributed by atoms with van der Waals surface area (Å²) in [6, 6.07) is 10.00. The van der Waals surface area contributed by atoms with E-state index in [0.717, 1.165) is 11.0 Å². The average Bonchev–Trinajstić information content (AvgIpc) is 2.52. The van der Waals surface area contributed by atoms with Gasteiger partial charge in [-0.25, -0.2) is 14.4 Å². The van der Waals surface area contributed by atoms with Gasteiger partial charge in [0.25, 0.3) is 0 Å². The van der Waals surface area contributed by atoms with Crippen LogP contribution in [0.4, 0.5) is 16.0 Å². The SMILES string of the molecule is C=CCN(c1cccc(F)c1)c1ncc2ncccc2n1. The Morgan fingerprint density at radius 3 is 2.86 bits per heavy atom. The predicted molar refractivity (Wildman–Crippen MR) is 80.9 cm³/mol. The molecule has 0 aliphatic rings. The Balaban J connectivity index is 2.08. The number of rotatable bonds is 4. The van der Waals surface area contributed by atoms with Crippen LogP contribution in [-0.2, 0) is 0 Å². The molecule has 0 unspecified atom stereocenters. The first kappa shape index (κ1) is 13.2. The lowest BCUT2D eigenvalue weighted by molar-refractivity contribution is 0.627. The molecule has 1 aromatic carbocycles. The van der Waals surface area contributed by atoms with Crippen molar-refractivity contribution in [3.63, 3.8) is 0 Å². The van der Waals surface area contributed by atoms with Crippen LogP contribution in [0.5, 0.6) is 0 Å². The monoisotopic (exact) mass is 280 g/mol. The van der Waals surface area contributed by atoms with Crippen molar-refractivity contribution in [2.24, 2.45) is 0 Å². The molecule has 0 radical (unpaired) electrons. The van der Waals surface area contributed by atoms with E-state index in [9.17, 15) is 4.39 Å². The van der Waals surface area contributed by atoms with Crippen LogP contribution in [0.2, 0.25) is 0 Å². The summed E-state index contributed by atoms with van der Waals surface area (Å²) in [7, 11) is 0. The molecule has 0 amide bonds. The van der Waals surface area contributed by atoms with E-state index in [1.165, 1.54) is 12.1 Å². The second-order valence-corrected chi connectivity index (χ2v) is 4.46. The molecule has 0 spiro atoms. The van der Waals surface area contributed by atoms with Crippen LogP contribution >= 0.6 is 0 Å². The summed E-state index contributed by atoms with van der Waals surface area (Å²) in [6.45, 7) is 4.21. The van der Waals surface area contributed by atoms with E-state index in [-0.39, 0.29) is 5.82 Å². The van der Waals surface area contributed by atoms with Gasteiger partial charge < -0.3 is 4.90 Å². The average molecular weight is 280 g/mol. The standard InChI is InChI=1S/C16H13FN4/c1-2-9-21(13-6-3-5-12(17)10-13)16-19-11-15-14(20-16)7-4-8-18-15/h2-8,10-11H,1,9H2. The summed E-state index contributed by atoms with van der Waals surface area (Å²) < 4.78 is 13.4. The van der Waals surface area contributed by atoms with Crippen molar-refractivity contribution in [2.75, 3.05) is 11.4 Å². The Labute approximate surface area is 121 Å². The second-order valence-electron chi connectivity index (χ2n) is 4.46. The number of pyridine rings is 1. The number of benzene rings is 1. The lowest BCUT2D eigenvalue weighted by Gasteiger charge is -2.21. The van der Waals surface area contributed by atoms with Gasteiger partial charge in [-0.2, -0.15) is 0 Å². The van der Waals surface area contributed by atoms with Gasteiger partial charge in [-0.15, -0.1) is 6.58 Å². The van der Waals surface area contributed by atoms with E-state index >= 15 is 0 Å². The summed E-state index contributed by atoms with van der Waals surface area (Å²) in [4.78, 5) is 14.8. The van der Waals surface area contributed by atoms with Gasteiger partial charge in [-0.3, -0.25) is 4.98 Å². The minimum absolute atomic E-state index is 0.302. The Bertz CT molecular complexity index is 788. The molecule has 3 rings (SSSR count). The van der Waals surface area contributed by atoms with E-state index in [0.29, 0.717) is 18.2 Å². The van der Waals surface area contributed by atoms with Crippen LogP contribution in [0.15, 0.2) is 61.4 Å². The van der Waals surface area contributed by atoms with Crippen LogP contribution in [0.1, 0.15) is 0 Å². The van der Waals surface area contributed by atoms with Gasteiger partial charge in [0.15, 0.2) is 0 Å². The molecular formula is C16H13FN4. The first-order chi connectivity index (χ1) is 10.3. The van der Waals surface area contributed by atoms with Gasteiger partial charge in [-0.05, 0) is 30.3 Å². The smallest absolute Gasteiger partial charge is 0.230 e. The summed E-state index contributed by atoms with van der Waals surface area (Å²) in [5, 5.41) is 0. The number of nitrogens with zero attached hydrogens (tertiary/aromatic N) is 4. The summed E-state index contributed by atoms with van der Waals surface area (Å²) in [5.74, 6) is 0.185. The van der Waals surface area contributed by atoms with E-state index in [1.807, 2.05) is 18.2 Å². The Morgan fingerprint density at radius 1 is 1.14 bits per heavy atom. The molecule has 4 nitrogen and oxygen atoms in total. The fourth-order valence-corrected chi connectivity index (χ4v) is 2.06. The minimum Gasteiger partial charge on any atom is -0.307 e. The Morgan fingerprint density at radius 2 is 2.05 bits per heavy atom. The number of hydrogen-bond acceptors (Lipinski definition) is 4. The highest BCUT2D eigenvalue weighted by Gasteiger charge is 2.12. The highest BCUT2D eigenvalue weighted by molar-refractivity contribution is 5.75. The van der Waals surface area contributed by atoms with Gasteiger partial charge in [0.2, 0.25) is 5.95 Å². The second kappa shape index (κ2) is 5.66. The molecule has 0 atom stereocenters. The van der Waals surface area contributed by atoms with Crippen LogP contribution < -0.4 is 4.90 Å². The van der Waals surface area contributed by atoms with E-state index in [4.69, 9.17) is 0 Å². The number of aromatic nitrogens is 3. The van der Waals surface area contributed by atoms with Crippen molar-refractivity contribution in [3.8, 4) is 0 Å². The fraction of sp³-hybridized carbons (Fsp3) is 0.0625. The molecule has 104 valence electrons. The lowest BCUT2D eigenvalue weighted by Crippen LogP contribution is -2.19. The molecule has 0 N–H and O–H groups in total.